The number of benzene rings is 1. The molecule has 1 aliphatic rings. The van der Waals surface area contributed by atoms with Crippen LogP contribution in [0.1, 0.15) is 24.8 Å². The molecule has 0 saturated carbocycles. The zero-order valence-electron chi connectivity index (χ0n) is 13.3. The summed E-state index contributed by atoms with van der Waals surface area (Å²) in [4.78, 5) is 14.5. The lowest BCUT2D eigenvalue weighted by Gasteiger charge is -2.25. The first-order valence-corrected chi connectivity index (χ1v) is 9.40. The summed E-state index contributed by atoms with van der Waals surface area (Å²) >= 11 is 1.72. The molecule has 1 amide bonds. The van der Waals surface area contributed by atoms with Gasteiger partial charge in [0, 0.05) is 19.1 Å². The van der Waals surface area contributed by atoms with Gasteiger partial charge in [-0.25, -0.2) is 0 Å². The molecular weight excluding hydrogens is 294 g/mol. The number of hydrogen-bond donors (Lipinski definition) is 2. The molecule has 1 aromatic carbocycles. The normalized spacial score (nSPS) is 20.0. The molecule has 1 heterocycles. The van der Waals surface area contributed by atoms with E-state index < -0.39 is 0 Å². The second-order valence-corrected chi connectivity index (χ2v) is 6.87. The first-order valence-electron chi connectivity index (χ1n) is 8.01. The molecule has 122 valence electrons. The number of amides is 1. The monoisotopic (exact) mass is 321 g/mol. The van der Waals surface area contributed by atoms with E-state index in [1.54, 1.807) is 11.8 Å². The van der Waals surface area contributed by atoms with Crippen LogP contribution in [0.3, 0.4) is 0 Å². The SMILES string of the molecule is CSCC[C@H](N)C(=O)NCC1CCCN1Cc1ccccc1. The Balaban J connectivity index is 1.77. The molecule has 0 aromatic heterocycles. The van der Waals surface area contributed by atoms with E-state index in [4.69, 9.17) is 5.73 Å². The highest BCUT2D eigenvalue weighted by Crippen LogP contribution is 2.19. The molecule has 2 rings (SSSR count). The predicted octanol–water partition coefficient (Wildman–Crippen LogP) is 1.85. The van der Waals surface area contributed by atoms with Crippen molar-refractivity contribution in [1.82, 2.24) is 10.2 Å². The molecule has 1 aromatic rings. The summed E-state index contributed by atoms with van der Waals surface area (Å²) in [6.07, 6.45) is 5.12. The van der Waals surface area contributed by atoms with Crippen LogP contribution in [0.25, 0.3) is 0 Å². The largest absolute Gasteiger partial charge is 0.353 e. The molecule has 2 atom stereocenters. The molecule has 0 bridgehead atoms. The number of thioether (sulfide) groups is 1. The number of carbonyl (C=O) groups is 1. The number of nitrogens with zero attached hydrogens (tertiary/aromatic N) is 1. The van der Waals surface area contributed by atoms with Crippen LogP contribution in [0.5, 0.6) is 0 Å². The van der Waals surface area contributed by atoms with Crippen molar-refractivity contribution in [2.45, 2.75) is 37.9 Å². The van der Waals surface area contributed by atoms with Crippen LogP contribution in [0.2, 0.25) is 0 Å². The molecule has 0 spiro atoms. The van der Waals surface area contributed by atoms with Crippen LogP contribution in [0.15, 0.2) is 30.3 Å². The molecule has 0 aliphatic carbocycles. The van der Waals surface area contributed by atoms with Crippen molar-refractivity contribution in [3.63, 3.8) is 0 Å². The zero-order chi connectivity index (χ0) is 15.8. The van der Waals surface area contributed by atoms with Gasteiger partial charge in [-0.05, 0) is 43.4 Å². The fourth-order valence-electron chi connectivity index (χ4n) is 2.88. The predicted molar refractivity (Wildman–Crippen MR) is 93.9 cm³/mol. The lowest BCUT2D eigenvalue weighted by atomic mass is 10.1. The molecule has 1 saturated heterocycles. The van der Waals surface area contributed by atoms with Crippen LogP contribution in [-0.2, 0) is 11.3 Å². The number of nitrogens with one attached hydrogen (secondary N) is 1. The molecule has 4 nitrogen and oxygen atoms in total. The van der Waals surface area contributed by atoms with Crippen molar-refractivity contribution in [2.75, 3.05) is 25.1 Å². The molecule has 22 heavy (non-hydrogen) atoms. The Morgan fingerprint density at radius 1 is 1.45 bits per heavy atom. The Hall–Kier alpha value is -1.04. The average molecular weight is 321 g/mol. The fourth-order valence-corrected chi connectivity index (χ4v) is 3.37. The Morgan fingerprint density at radius 2 is 2.23 bits per heavy atom. The molecule has 5 heteroatoms. The molecule has 1 fully saturated rings. The Bertz CT molecular complexity index is 454. The smallest absolute Gasteiger partial charge is 0.237 e. The van der Waals surface area contributed by atoms with Gasteiger partial charge in [-0.15, -0.1) is 0 Å². The number of hydrogen-bond acceptors (Lipinski definition) is 4. The van der Waals surface area contributed by atoms with Crippen LogP contribution in [0.4, 0.5) is 0 Å². The molecular formula is C17H27N3OS. The zero-order valence-corrected chi connectivity index (χ0v) is 14.1. The van der Waals surface area contributed by atoms with Crippen LogP contribution >= 0.6 is 11.8 Å². The van der Waals surface area contributed by atoms with Crippen molar-refractivity contribution < 1.29 is 4.79 Å². The summed E-state index contributed by atoms with van der Waals surface area (Å²) in [5, 5.41) is 3.03. The lowest BCUT2D eigenvalue weighted by molar-refractivity contribution is -0.122. The third-order valence-electron chi connectivity index (χ3n) is 4.21. The number of nitrogens with two attached hydrogens (primary N) is 1. The van der Waals surface area contributed by atoms with E-state index in [0.717, 1.165) is 31.7 Å². The van der Waals surface area contributed by atoms with Crippen LogP contribution < -0.4 is 11.1 Å². The lowest BCUT2D eigenvalue weighted by Crippen LogP contribution is -2.46. The third kappa shape index (κ3) is 5.30. The average Bonchev–Trinajstić information content (AvgIpc) is 2.98. The maximum atomic E-state index is 12.0. The minimum absolute atomic E-state index is 0.0133. The van der Waals surface area contributed by atoms with Gasteiger partial charge in [0.25, 0.3) is 0 Å². The minimum Gasteiger partial charge on any atom is -0.353 e. The van der Waals surface area contributed by atoms with Gasteiger partial charge in [0.15, 0.2) is 0 Å². The highest BCUT2D eigenvalue weighted by Gasteiger charge is 2.25. The Labute approximate surface area is 137 Å². The van der Waals surface area contributed by atoms with E-state index in [2.05, 4.69) is 34.5 Å². The first-order chi connectivity index (χ1) is 10.7. The second-order valence-electron chi connectivity index (χ2n) is 5.89. The second kappa shape index (κ2) is 9.18. The minimum atomic E-state index is -0.378. The van der Waals surface area contributed by atoms with E-state index in [-0.39, 0.29) is 11.9 Å². The maximum absolute atomic E-state index is 12.0. The van der Waals surface area contributed by atoms with Gasteiger partial charge in [0.05, 0.1) is 6.04 Å². The third-order valence-corrected chi connectivity index (χ3v) is 4.85. The van der Waals surface area contributed by atoms with E-state index in [1.807, 2.05) is 12.3 Å². The number of carbonyl (C=O) groups excluding carboxylic acids is 1. The molecule has 0 radical (unpaired) electrons. The fraction of sp³-hybridized carbons (Fsp3) is 0.588. The number of likely N-dealkylation sites (tertiary alicyclic amines) is 1. The van der Waals surface area contributed by atoms with Gasteiger partial charge < -0.3 is 11.1 Å². The highest BCUT2D eigenvalue weighted by molar-refractivity contribution is 7.98. The van der Waals surface area contributed by atoms with Gasteiger partial charge in [-0.1, -0.05) is 30.3 Å². The van der Waals surface area contributed by atoms with Crippen molar-refractivity contribution >= 4 is 17.7 Å². The van der Waals surface area contributed by atoms with Gasteiger partial charge in [0.1, 0.15) is 0 Å². The molecule has 3 N–H and O–H groups in total. The van der Waals surface area contributed by atoms with E-state index >= 15 is 0 Å². The van der Waals surface area contributed by atoms with E-state index in [1.165, 1.54) is 12.0 Å². The quantitative estimate of drug-likeness (QED) is 0.767. The number of rotatable bonds is 8. The van der Waals surface area contributed by atoms with Gasteiger partial charge in [0.2, 0.25) is 5.91 Å². The summed E-state index contributed by atoms with van der Waals surface area (Å²) in [5.41, 5.74) is 7.24. The van der Waals surface area contributed by atoms with Gasteiger partial charge in [-0.3, -0.25) is 9.69 Å². The molecule has 1 aliphatic heterocycles. The topological polar surface area (TPSA) is 58.4 Å². The van der Waals surface area contributed by atoms with E-state index in [9.17, 15) is 4.79 Å². The summed E-state index contributed by atoms with van der Waals surface area (Å²) < 4.78 is 0. The van der Waals surface area contributed by atoms with Crippen molar-refractivity contribution in [2.24, 2.45) is 5.73 Å². The van der Waals surface area contributed by atoms with Gasteiger partial charge >= 0.3 is 0 Å². The maximum Gasteiger partial charge on any atom is 0.237 e. The summed E-state index contributed by atoms with van der Waals surface area (Å²) in [7, 11) is 0. The summed E-state index contributed by atoms with van der Waals surface area (Å²) in [6, 6.07) is 10.6. The van der Waals surface area contributed by atoms with Crippen LogP contribution in [0, 0.1) is 0 Å². The van der Waals surface area contributed by atoms with Crippen LogP contribution in [-0.4, -0.2) is 48.0 Å². The Morgan fingerprint density at radius 3 is 2.95 bits per heavy atom. The summed E-state index contributed by atoms with van der Waals surface area (Å²) in [5.74, 6) is 0.915. The molecule has 1 unspecified atom stereocenters. The van der Waals surface area contributed by atoms with Crippen molar-refractivity contribution in [3.05, 3.63) is 35.9 Å². The summed E-state index contributed by atoms with van der Waals surface area (Å²) in [6.45, 7) is 2.77. The van der Waals surface area contributed by atoms with Gasteiger partial charge in [-0.2, -0.15) is 11.8 Å². The first kappa shape index (κ1) is 17.3. The standard InChI is InChI=1S/C17H27N3OS/c1-22-11-9-16(18)17(21)19-12-15-8-5-10-20(15)13-14-6-3-2-4-7-14/h2-4,6-7,15-16H,5,8-13,18H2,1H3,(H,19,21)/t15?,16-/m0/s1. The van der Waals surface area contributed by atoms with Crippen molar-refractivity contribution in [1.29, 1.82) is 0 Å². The van der Waals surface area contributed by atoms with E-state index in [0.29, 0.717) is 12.6 Å². The highest BCUT2D eigenvalue weighted by atomic mass is 32.2. The van der Waals surface area contributed by atoms with Crippen molar-refractivity contribution in [3.8, 4) is 0 Å². The Kier molecular flexibility index (Phi) is 7.22.